The zero-order valence-electron chi connectivity index (χ0n) is 11.4. The van der Waals surface area contributed by atoms with E-state index >= 15 is 0 Å². The van der Waals surface area contributed by atoms with Crippen molar-refractivity contribution in [2.45, 2.75) is 25.2 Å². The molecule has 1 aliphatic rings. The second-order valence-electron chi connectivity index (χ2n) is 5.38. The lowest BCUT2D eigenvalue weighted by Gasteiger charge is -1.97. The van der Waals surface area contributed by atoms with Gasteiger partial charge in [0.1, 0.15) is 5.82 Å². The van der Waals surface area contributed by atoms with Gasteiger partial charge in [0, 0.05) is 29.3 Å². The van der Waals surface area contributed by atoms with Crippen molar-refractivity contribution in [1.29, 1.82) is 0 Å². The van der Waals surface area contributed by atoms with Gasteiger partial charge in [0.15, 0.2) is 0 Å². The molecule has 2 atom stereocenters. The number of benzene rings is 1. The number of aromatic amines is 1. The van der Waals surface area contributed by atoms with Crippen molar-refractivity contribution in [1.82, 2.24) is 20.1 Å². The number of imidazole rings is 1. The zero-order chi connectivity index (χ0) is 14.4. The third-order valence-corrected chi connectivity index (χ3v) is 3.90. The van der Waals surface area contributed by atoms with Crippen LogP contribution in [0.15, 0.2) is 35.2 Å². The Morgan fingerprint density at radius 1 is 1.33 bits per heavy atom. The van der Waals surface area contributed by atoms with Gasteiger partial charge in [-0.3, -0.25) is 0 Å². The van der Waals surface area contributed by atoms with E-state index in [4.69, 9.17) is 4.52 Å². The Morgan fingerprint density at radius 3 is 3.00 bits per heavy atom. The van der Waals surface area contributed by atoms with Crippen LogP contribution in [0.3, 0.4) is 0 Å². The lowest BCUT2D eigenvalue weighted by molar-refractivity contribution is 0.378. The maximum absolute atomic E-state index is 13.6. The van der Waals surface area contributed by atoms with Crippen molar-refractivity contribution < 1.29 is 8.91 Å². The first-order chi connectivity index (χ1) is 10.2. The molecular weight excluding hydrogens is 271 g/mol. The Kier molecular flexibility index (Phi) is 2.63. The molecule has 1 saturated carbocycles. The van der Waals surface area contributed by atoms with Crippen LogP contribution in [-0.4, -0.2) is 20.1 Å². The van der Waals surface area contributed by atoms with E-state index in [-0.39, 0.29) is 11.7 Å². The summed E-state index contributed by atoms with van der Waals surface area (Å²) in [7, 11) is 0. The van der Waals surface area contributed by atoms with Crippen LogP contribution in [0.1, 0.15) is 35.4 Å². The van der Waals surface area contributed by atoms with Crippen LogP contribution in [0, 0.1) is 12.7 Å². The topological polar surface area (TPSA) is 67.6 Å². The molecule has 0 saturated heterocycles. The van der Waals surface area contributed by atoms with Gasteiger partial charge >= 0.3 is 0 Å². The fourth-order valence-electron chi connectivity index (χ4n) is 2.52. The monoisotopic (exact) mass is 284 g/mol. The quantitative estimate of drug-likeness (QED) is 0.802. The van der Waals surface area contributed by atoms with Gasteiger partial charge in [-0.15, -0.1) is 0 Å². The molecule has 0 aliphatic heterocycles. The van der Waals surface area contributed by atoms with Crippen molar-refractivity contribution in [3.8, 4) is 11.4 Å². The Labute approximate surface area is 120 Å². The van der Waals surface area contributed by atoms with Crippen LogP contribution in [0.25, 0.3) is 11.4 Å². The molecule has 6 heteroatoms. The SMILES string of the molecule is Cc1ccc(-c2noc([C@@H]3C[C@H]3c3cnc[nH]3)n2)cc1F. The minimum atomic E-state index is -0.263. The molecule has 0 spiro atoms. The molecule has 106 valence electrons. The number of halogens is 1. The number of aromatic nitrogens is 4. The summed E-state index contributed by atoms with van der Waals surface area (Å²) >= 11 is 0. The second-order valence-corrected chi connectivity index (χ2v) is 5.38. The fraction of sp³-hybridized carbons (Fsp3) is 0.267. The predicted octanol–water partition coefficient (Wildman–Crippen LogP) is 3.18. The highest BCUT2D eigenvalue weighted by atomic mass is 19.1. The van der Waals surface area contributed by atoms with Gasteiger partial charge in [0.05, 0.1) is 6.33 Å². The maximum atomic E-state index is 13.6. The van der Waals surface area contributed by atoms with E-state index in [1.807, 2.05) is 6.20 Å². The Balaban J connectivity index is 1.58. The first-order valence-electron chi connectivity index (χ1n) is 6.81. The lowest BCUT2D eigenvalue weighted by atomic mass is 10.1. The highest BCUT2D eigenvalue weighted by molar-refractivity contribution is 5.55. The van der Waals surface area contributed by atoms with Crippen molar-refractivity contribution >= 4 is 0 Å². The van der Waals surface area contributed by atoms with Gasteiger partial charge in [-0.1, -0.05) is 17.3 Å². The molecule has 0 radical (unpaired) electrons. The number of H-pyrrole nitrogens is 1. The molecular formula is C15H13FN4O. The van der Waals surface area contributed by atoms with Crippen LogP contribution in [0.2, 0.25) is 0 Å². The molecule has 2 aromatic heterocycles. The fourth-order valence-corrected chi connectivity index (χ4v) is 2.52. The molecule has 0 amide bonds. The van der Waals surface area contributed by atoms with E-state index in [0.29, 0.717) is 28.8 Å². The third kappa shape index (κ3) is 2.12. The molecule has 4 rings (SSSR count). The molecule has 1 N–H and O–H groups in total. The van der Waals surface area contributed by atoms with E-state index in [1.54, 1.807) is 25.4 Å². The summed E-state index contributed by atoms with van der Waals surface area (Å²) in [6.07, 6.45) is 4.45. The molecule has 1 aromatic carbocycles. The Hall–Kier alpha value is -2.50. The summed E-state index contributed by atoms with van der Waals surface area (Å²) in [5.41, 5.74) is 2.32. The Bertz CT molecular complexity index is 781. The summed E-state index contributed by atoms with van der Waals surface area (Å²) in [6, 6.07) is 4.95. The zero-order valence-corrected chi connectivity index (χ0v) is 11.4. The minimum absolute atomic E-state index is 0.224. The number of hydrogen-bond acceptors (Lipinski definition) is 4. The van der Waals surface area contributed by atoms with Gasteiger partial charge in [0.25, 0.3) is 0 Å². The van der Waals surface area contributed by atoms with E-state index in [9.17, 15) is 4.39 Å². The first kappa shape index (κ1) is 12.3. The number of rotatable bonds is 3. The summed E-state index contributed by atoms with van der Waals surface area (Å²) in [5, 5.41) is 3.96. The predicted molar refractivity (Wildman–Crippen MR) is 73.1 cm³/mol. The van der Waals surface area contributed by atoms with Gasteiger partial charge in [-0.05, 0) is 25.0 Å². The first-order valence-corrected chi connectivity index (χ1v) is 6.81. The van der Waals surface area contributed by atoms with Crippen LogP contribution in [0.5, 0.6) is 0 Å². The van der Waals surface area contributed by atoms with Gasteiger partial charge in [-0.25, -0.2) is 9.37 Å². The molecule has 21 heavy (non-hydrogen) atoms. The van der Waals surface area contributed by atoms with E-state index in [0.717, 1.165) is 12.1 Å². The Morgan fingerprint density at radius 2 is 2.24 bits per heavy atom. The van der Waals surface area contributed by atoms with E-state index in [1.165, 1.54) is 6.07 Å². The second kappa shape index (κ2) is 4.51. The van der Waals surface area contributed by atoms with E-state index < -0.39 is 0 Å². The van der Waals surface area contributed by atoms with Gasteiger partial charge in [-0.2, -0.15) is 4.98 Å². The lowest BCUT2D eigenvalue weighted by Crippen LogP contribution is -1.87. The summed E-state index contributed by atoms with van der Waals surface area (Å²) in [5.74, 6) is 1.35. The van der Waals surface area contributed by atoms with Crippen LogP contribution in [0.4, 0.5) is 4.39 Å². The third-order valence-electron chi connectivity index (χ3n) is 3.90. The van der Waals surface area contributed by atoms with Crippen LogP contribution in [-0.2, 0) is 0 Å². The van der Waals surface area contributed by atoms with Gasteiger partial charge < -0.3 is 9.51 Å². The molecule has 0 unspecified atom stereocenters. The summed E-state index contributed by atoms with van der Waals surface area (Å²) < 4.78 is 18.9. The minimum Gasteiger partial charge on any atom is -0.348 e. The van der Waals surface area contributed by atoms with Crippen LogP contribution < -0.4 is 0 Å². The number of nitrogens with one attached hydrogen (secondary N) is 1. The van der Waals surface area contributed by atoms with Crippen LogP contribution >= 0.6 is 0 Å². The van der Waals surface area contributed by atoms with Crippen molar-refractivity contribution in [2.75, 3.05) is 0 Å². The van der Waals surface area contributed by atoms with Crippen molar-refractivity contribution in [3.05, 3.63) is 53.7 Å². The van der Waals surface area contributed by atoms with Gasteiger partial charge in [0.2, 0.25) is 11.7 Å². The summed E-state index contributed by atoms with van der Waals surface area (Å²) in [6.45, 7) is 1.72. The number of aryl methyl sites for hydroxylation is 1. The van der Waals surface area contributed by atoms with Crippen molar-refractivity contribution in [3.63, 3.8) is 0 Å². The largest absolute Gasteiger partial charge is 0.348 e. The molecule has 5 nitrogen and oxygen atoms in total. The van der Waals surface area contributed by atoms with Crippen molar-refractivity contribution in [2.24, 2.45) is 0 Å². The standard InChI is InChI=1S/C15H13FN4O/c1-8-2-3-9(4-12(8)16)14-19-15(21-20-14)11-5-10(11)13-6-17-7-18-13/h2-4,6-7,10-11H,5H2,1H3,(H,17,18)/t10-,11-/m1/s1. The average Bonchev–Trinajstić information content (AvgIpc) is 2.95. The number of hydrogen-bond donors (Lipinski definition) is 1. The molecule has 1 aliphatic carbocycles. The molecule has 0 bridgehead atoms. The molecule has 2 heterocycles. The highest BCUT2D eigenvalue weighted by Gasteiger charge is 2.44. The summed E-state index contributed by atoms with van der Waals surface area (Å²) in [4.78, 5) is 11.5. The normalized spacial score (nSPS) is 20.7. The number of nitrogens with zero attached hydrogens (tertiary/aromatic N) is 3. The smallest absolute Gasteiger partial charge is 0.230 e. The average molecular weight is 284 g/mol. The maximum Gasteiger partial charge on any atom is 0.230 e. The highest BCUT2D eigenvalue weighted by Crippen LogP contribution is 2.53. The van der Waals surface area contributed by atoms with E-state index in [2.05, 4.69) is 20.1 Å². The molecule has 3 aromatic rings. The molecule has 1 fully saturated rings.